The van der Waals surface area contributed by atoms with Crippen molar-refractivity contribution in [3.05, 3.63) is 35.1 Å². The second-order valence-corrected chi connectivity index (χ2v) is 7.02. The van der Waals surface area contributed by atoms with Crippen LogP contribution in [0.3, 0.4) is 0 Å². The lowest BCUT2D eigenvalue weighted by molar-refractivity contribution is -0.109. The number of hydrogen-bond donors (Lipinski definition) is 1. The van der Waals surface area contributed by atoms with E-state index in [2.05, 4.69) is 20.3 Å². The van der Waals surface area contributed by atoms with E-state index >= 15 is 0 Å². The molecule has 22 heavy (non-hydrogen) atoms. The van der Waals surface area contributed by atoms with Gasteiger partial charge in [-0.1, -0.05) is 6.07 Å². The first-order valence-corrected chi connectivity index (χ1v) is 8.51. The minimum Gasteiger partial charge on any atom is -0.338 e. The van der Waals surface area contributed by atoms with Crippen molar-refractivity contribution in [1.82, 2.24) is 15.0 Å². The first-order valence-electron chi connectivity index (χ1n) is 6.11. The van der Waals surface area contributed by atoms with Gasteiger partial charge >= 0.3 is 0 Å². The van der Waals surface area contributed by atoms with Gasteiger partial charge in [-0.25, -0.2) is 14.2 Å². The smallest absolute Gasteiger partial charge is 0.225 e. The number of nitrogens with one attached hydrogen (secondary N) is 1. The van der Waals surface area contributed by atoms with Gasteiger partial charge in [-0.05, 0) is 29.8 Å². The Kier molecular flexibility index (Phi) is 4.14. The fourth-order valence-corrected chi connectivity index (χ4v) is 3.46. The van der Waals surface area contributed by atoms with Crippen LogP contribution in [0.5, 0.6) is 0 Å². The average molecular weight is 353 g/mol. The largest absolute Gasteiger partial charge is 0.338 e. The van der Waals surface area contributed by atoms with Crippen LogP contribution < -0.4 is 5.32 Å². The number of thiazole rings is 1. The zero-order valence-electron chi connectivity index (χ0n) is 11.2. The lowest BCUT2D eigenvalue weighted by atomic mass is 10.3. The van der Waals surface area contributed by atoms with Crippen LogP contribution in [-0.4, -0.2) is 24.3 Å². The van der Waals surface area contributed by atoms with Crippen LogP contribution in [0.2, 0.25) is 5.28 Å². The molecule has 0 aliphatic heterocycles. The van der Waals surface area contributed by atoms with Crippen molar-refractivity contribution in [2.24, 2.45) is 0 Å². The van der Waals surface area contributed by atoms with Gasteiger partial charge in [0.05, 0.1) is 5.51 Å². The molecule has 112 valence electrons. The van der Waals surface area contributed by atoms with Crippen LogP contribution in [0.15, 0.2) is 34.7 Å². The summed E-state index contributed by atoms with van der Waals surface area (Å²) in [6, 6.07) is 6.74. The van der Waals surface area contributed by atoms with Crippen molar-refractivity contribution in [3.63, 3.8) is 0 Å². The third-order valence-corrected chi connectivity index (χ3v) is 4.83. The molecule has 0 aliphatic carbocycles. The molecule has 9 heteroatoms. The number of nitrogens with zero attached hydrogens (tertiary/aromatic N) is 3. The SMILES string of the molecule is CC(=O)S(=O)c1cccc(Nc2nc(Cl)nc3scnc23)c1. The summed E-state index contributed by atoms with van der Waals surface area (Å²) in [5.74, 6) is 0.460. The second-order valence-electron chi connectivity index (χ2n) is 4.26. The van der Waals surface area contributed by atoms with Crippen LogP contribution in [-0.2, 0) is 15.6 Å². The first-order chi connectivity index (χ1) is 10.5. The molecule has 6 nitrogen and oxygen atoms in total. The quantitative estimate of drug-likeness (QED) is 0.729. The van der Waals surface area contributed by atoms with Crippen molar-refractivity contribution in [1.29, 1.82) is 0 Å². The first kappa shape index (κ1) is 15.0. The molecule has 0 spiro atoms. The van der Waals surface area contributed by atoms with Gasteiger partial charge in [0.2, 0.25) is 10.4 Å². The number of fused-ring (bicyclic) bond motifs is 1. The van der Waals surface area contributed by atoms with Gasteiger partial charge in [-0.2, -0.15) is 4.98 Å². The van der Waals surface area contributed by atoms with Crippen molar-refractivity contribution in [2.45, 2.75) is 11.8 Å². The number of anilines is 2. The molecule has 0 bridgehead atoms. The molecule has 0 fully saturated rings. The Morgan fingerprint density at radius 3 is 2.95 bits per heavy atom. The highest BCUT2D eigenvalue weighted by molar-refractivity contribution is 8.00. The van der Waals surface area contributed by atoms with Crippen LogP contribution >= 0.6 is 22.9 Å². The maximum Gasteiger partial charge on any atom is 0.225 e. The van der Waals surface area contributed by atoms with E-state index in [1.165, 1.54) is 18.3 Å². The molecule has 2 aromatic heterocycles. The van der Waals surface area contributed by atoms with Crippen molar-refractivity contribution >= 4 is 60.7 Å². The Morgan fingerprint density at radius 1 is 1.36 bits per heavy atom. The minimum absolute atomic E-state index is 0.114. The molecular formula is C13H9ClN4O2S2. The number of carbonyl (C=O) groups is 1. The van der Waals surface area contributed by atoms with Crippen LogP contribution in [0.25, 0.3) is 10.3 Å². The van der Waals surface area contributed by atoms with E-state index in [0.29, 0.717) is 26.7 Å². The van der Waals surface area contributed by atoms with Gasteiger partial charge in [-0.3, -0.25) is 4.79 Å². The molecule has 0 radical (unpaired) electrons. The zero-order valence-corrected chi connectivity index (χ0v) is 13.6. The number of rotatable bonds is 3. The fourth-order valence-electron chi connectivity index (χ4n) is 1.81. The van der Waals surface area contributed by atoms with E-state index in [1.807, 2.05) is 0 Å². The van der Waals surface area contributed by atoms with Gasteiger partial charge in [0.25, 0.3) is 0 Å². The van der Waals surface area contributed by atoms with Crippen LogP contribution in [0.1, 0.15) is 6.92 Å². The Balaban J connectivity index is 1.98. The molecule has 1 N–H and O–H groups in total. The summed E-state index contributed by atoms with van der Waals surface area (Å²) in [7, 11) is -1.68. The summed E-state index contributed by atoms with van der Waals surface area (Å²) in [5.41, 5.74) is 2.89. The molecule has 0 saturated carbocycles. The molecule has 0 amide bonds. The van der Waals surface area contributed by atoms with Gasteiger partial charge in [0.15, 0.2) is 10.6 Å². The summed E-state index contributed by atoms with van der Waals surface area (Å²) in [6.07, 6.45) is 0. The van der Waals surface area contributed by atoms with E-state index < -0.39 is 15.9 Å². The third-order valence-electron chi connectivity index (χ3n) is 2.74. The molecule has 3 aromatic rings. The highest BCUT2D eigenvalue weighted by atomic mass is 35.5. The lowest BCUT2D eigenvalue weighted by Crippen LogP contribution is -2.03. The summed E-state index contributed by atoms with van der Waals surface area (Å²) in [4.78, 5) is 24.7. The molecule has 1 atom stereocenters. The van der Waals surface area contributed by atoms with Crippen LogP contribution in [0, 0.1) is 0 Å². The monoisotopic (exact) mass is 352 g/mol. The Morgan fingerprint density at radius 2 is 2.18 bits per heavy atom. The average Bonchev–Trinajstić information content (AvgIpc) is 2.95. The highest BCUT2D eigenvalue weighted by Crippen LogP contribution is 2.27. The second kappa shape index (κ2) is 6.07. The number of benzene rings is 1. The predicted molar refractivity (Wildman–Crippen MR) is 87.0 cm³/mol. The lowest BCUT2D eigenvalue weighted by Gasteiger charge is -2.07. The maximum absolute atomic E-state index is 11.9. The van der Waals surface area contributed by atoms with Crippen LogP contribution in [0.4, 0.5) is 11.5 Å². The predicted octanol–water partition coefficient (Wildman–Crippen LogP) is 3.14. The standard InChI is InChI=1S/C13H9ClN4O2S2/c1-7(19)22(20)9-4-2-3-8(5-9)16-11-10-12(21-6-15-10)18-13(14)17-11/h2-6H,1H3,(H,16,17,18). The molecule has 1 unspecified atom stereocenters. The Labute approximate surface area is 137 Å². The summed E-state index contributed by atoms with van der Waals surface area (Å²) < 4.78 is 11.9. The van der Waals surface area contributed by atoms with E-state index in [1.54, 1.807) is 29.8 Å². The van der Waals surface area contributed by atoms with E-state index in [0.717, 1.165) is 0 Å². The highest BCUT2D eigenvalue weighted by Gasteiger charge is 2.12. The molecule has 0 aliphatic rings. The third kappa shape index (κ3) is 2.99. The van der Waals surface area contributed by atoms with E-state index in [-0.39, 0.29) is 5.28 Å². The maximum atomic E-state index is 11.9. The normalized spacial score (nSPS) is 12.3. The summed E-state index contributed by atoms with van der Waals surface area (Å²) in [6.45, 7) is 1.29. The Bertz CT molecular complexity index is 897. The summed E-state index contributed by atoms with van der Waals surface area (Å²) >= 11 is 7.25. The Hall–Kier alpha value is -1.90. The molecule has 0 saturated heterocycles. The van der Waals surface area contributed by atoms with Gasteiger partial charge in [0, 0.05) is 17.5 Å². The van der Waals surface area contributed by atoms with E-state index in [9.17, 15) is 9.00 Å². The van der Waals surface area contributed by atoms with Gasteiger partial charge < -0.3 is 5.32 Å². The van der Waals surface area contributed by atoms with E-state index in [4.69, 9.17) is 11.6 Å². The minimum atomic E-state index is -1.68. The number of hydrogen-bond acceptors (Lipinski definition) is 7. The summed E-state index contributed by atoms with van der Waals surface area (Å²) in [5, 5.41) is 2.79. The zero-order chi connectivity index (χ0) is 15.7. The van der Waals surface area contributed by atoms with Gasteiger partial charge in [-0.15, -0.1) is 11.3 Å². The molecule has 2 heterocycles. The van der Waals surface area contributed by atoms with Crippen molar-refractivity contribution in [3.8, 4) is 0 Å². The van der Waals surface area contributed by atoms with Crippen molar-refractivity contribution < 1.29 is 9.00 Å². The molecule has 3 rings (SSSR count). The number of aromatic nitrogens is 3. The molecular weight excluding hydrogens is 344 g/mol. The topological polar surface area (TPSA) is 84.8 Å². The number of carbonyl (C=O) groups excluding carboxylic acids is 1. The van der Waals surface area contributed by atoms with Crippen molar-refractivity contribution in [2.75, 3.05) is 5.32 Å². The number of halogens is 1. The molecule has 1 aromatic carbocycles. The van der Waals surface area contributed by atoms with Gasteiger partial charge in [0.1, 0.15) is 16.3 Å². The fraction of sp³-hybridized carbons (Fsp3) is 0.0769.